The molecule has 3 aromatic rings. The van der Waals surface area contributed by atoms with Gasteiger partial charge in [-0.05, 0) is 122 Å². The maximum absolute atomic E-state index is 14.9. The van der Waals surface area contributed by atoms with Crippen LogP contribution in [-0.4, -0.2) is 81.0 Å². The van der Waals surface area contributed by atoms with Gasteiger partial charge in [0.25, 0.3) is 11.8 Å². The van der Waals surface area contributed by atoms with Gasteiger partial charge in [0.05, 0.1) is 0 Å². The number of hydrogen-bond donors (Lipinski definition) is 6. The first kappa shape index (κ1) is 41.7. The number of hydrogen-bond acceptors (Lipinski definition) is 8. The molecule has 4 fully saturated rings. The van der Waals surface area contributed by atoms with Gasteiger partial charge < -0.3 is 21.7 Å². The molecule has 2 heterocycles. The van der Waals surface area contributed by atoms with Crippen LogP contribution in [0.1, 0.15) is 123 Å². The first-order chi connectivity index (χ1) is 29.6. The van der Waals surface area contributed by atoms with Crippen molar-refractivity contribution in [2.45, 2.75) is 124 Å². The highest BCUT2D eigenvalue weighted by Gasteiger charge is 2.67. The van der Waals surface area contributed by atoms with Crippen LogP contribution in [-0.2, 0) is 41.1 Å². The topological polar surface area (TPSA) is 225 Å². The molecule has 2 aliphatic heterocycles. The largest absolute Gasteiger partial charge is 0.465 e. The standard InChI is InChI=1S/C48H56N6O8/c1-45(25-38(49)55)30-13-17-32(18-14-30)47(45,41(57)51-43(59)60)53-23-3-5-36(53)34-21-22-35(40(34)29-11-9-28(10-12-29)27-7-8-27)37-6-4-24-54(37)48(42(58)52-44(61)62)33-19-15-31(16-20-33)46(48,2)26-39(50)56/h9-20,27,34-37,40H,3-8,21-26H2,1-2H3,(H2,49,55)(H2,50,56)(H,51,57)(H,52,58)(H,59,60)(H,61,62)/t34?,35?,36?,37?,40?,45?,46?,47-,48-/m1/s1. The SMILES string of the molecule is CC1(CC(N)=O)c2ccc(cc2)[C@]1(C(=O)NC(=O)O)N1CCCC1C1CCC(C2CCCN2[C@@]2(C(=O)NC(=O)O)c3ccc(cc3)C2(C)CC(N)=O)C1c1ccc(C2CC2)cc1. The predicted molar refractivity (Wildman–Crippen MR) is 228 cm³/mol. The van der Waals surface area contributed by atoms with Gasteiger partial charge in [-0.25, -0.2) is 9.59 Å². The Bertz CT molecular complexity index is 2200. The molecular weight excluding hydrogens is 789 g/mol. The van der Waals surface area contributed by atoms with E-state index in [9.17, 15) is 39.0 Å². The zero-order valence-electron chi connectivity index (χ0n) is 35.3. The van der Waals surface area contributed by atoms with Crippen molar-refractivity contribution in [2.75, 3.05) is 13.1 Å². The second kappa shape index (κ2) is 15.0. The number of imide groups is 2. The average molecular weight is 845 g/mol. The number of fused-ring (bicyclic) bond motifs is 6. The number of carboxylic acid groups (broad SMARTS) is 2. The van der Waals surface area contributed by atoms with E-state index >= 15 is 0 Å². The van der Waals surface area contributed by atoms with E-state index in [1.807, 2.05) is 62.4 Å². The van der Waals surface area contributed by atoms with Crippen molar-refractivity contribution in [3.63, 3.8) is 0 Å². The van der Waals surface area contributed by atoms with Crippen LogP contribution >= 0.6 is 0 Å². The van der Waals surface area contributed by atoms with Crippen molar-refractivity contribution in [2.24, 2.45) is 23.3 Å². The Balaban J connectivity index is 1.18. The maximum atomic E-state index is 14.9. The molecule has 14 nitrogen and oxygen atoms in total. The number of carbonyl (C=O) groups is 6. The third kappa shape index (κ3) is 6.03. The van der Waals surface area contributed by atoms with Crippen molar-refractivity contribution in [1.82, 2.24) is 20.4 Å². The first-order valence-electron chi connectivity index (χ1n) is 22.1. The van der Waals surface area contributed by atoms with E-state index in [-0.39, 0.29) is 42.7 Å². The molecule has 6 unspecified atom stereocenters. The average Bonchev–Trinajstić information content (AvgIpc) is 3.53. The highest BCUT2D eigenvalue weighted by molar-refractivity contribution is 6.01. The monoisotopic (exact) mass is 844 g/mol. The minimum Gasteiger partial charge on any atom is -0.465 e. The molecule has 2 saturated heterocycles. The van der Waals surface area contributed by atoms with Gasteiger partial charge in [0.1, 0.15) is 11.1 Å². The summed E-state index contributed by atoms with van der Waals surface area (Å²) in [6.07, 6.45) is 3.40. The molecule has 8 aliphatic rings. The summed E-state index contributed by atoms with van der Waals surface area (Å²) in [6, 6.07) is 23.4. The summed E-state index contributed by atoms with van der Waals surface area (Å²) in [5, 5.41) is 24.6. The lowest BCUT2D eigenvalue weighted by molar-refractivity contribution is -0.145. The molecule has 8 atom stereocenters. The zero-order chi connectivity index (χ0) is 43.9. The van der Waals surface area contributed by atoms with Gasteiger partial charge in [0.15, 0.2) is 0 Å². The summed E-state index contributed by atoms with van der Waals surface area (Å²) >= 11 is 0. The maximum Gasteiger partial charge on any atom is 0.411 e. The van der Waals surface area contributed by atoms with Crippen molar-refractivity contribution < 1.29 is 39.0 Å². The van der Waals surface area contributed by atoms with E-state index in [0.29, 0.717) is 30.1 Å². The lowest BCUT2D eigenvalue weighted by atomic mass is 9.56. The van der Waals surface area contributed by atoms with Crippen LogP contribution in [0.5, 0.6) is 0 Å². The number of amides is 6. The smallest absolute Gasteiger partial charge is 0.411 e. The third-order valence-corrected chi connectivity index (χ3v) is 16.2. The van der Waals surface area contributed by atoms with Crippen LogP contribution in [0, 0.1) is 11.8 Å². The third-order valence-electron chi connectivity index (χ3n) is 16.2. The number of carbonyl (C=O) groups excluding carboxylic acids is 4. The molecule has 2 saturated carbocycles. The van der Waals surface area contributed by atoms with Gasteiger partial charge in [-0.1, -0.05) is 86.6 Å². The van der Waals surface area contributed by atoms with Crippen LogP contribution in [0.2, 0.25) is 0 Å². The molecule has 4 bridgehead atoms. The van der Waals surface area contributed by atoms with Crippen molar-refractivity contribution in [1.29, 1.82) is 0 Å². The molecule has 0 radical (unpaired) electrons. The van der Waals surface area contributed by atoms with E-state index in [4.69, 9.17) is 11.5 Å². The Hall–Kier alpha value is -5.60. The number of nitrogens with zero attached hydrogens (tertiary/aromatic N) is 2. The molecule has 8 N–H and O–H groups in total. The van der Waals surface area contributed by atoms with Gasteiger partial charge in [-0.2, -0.15) is 0 Å². The van der Waals surface area contributed by atoms with Crippen LogP contribution in [0.25, 0.3) is 0 Å². The van der Waals surface area contributed by atoms with E-state index in [1.165, 1.54) is 5.56 Å². The quantitative estimate of drug-likeness (QED) is 0.138. The number of nitrogens with two attached hydrogens (primary N) is 2. The van der Waals surface area contributed by atoms with Crippen molar-refractivity contribution in [3.05, 3.63) is 106 Å². The van der Waals surface area contributed by atoms with E-state index in [2.05, 4.69) is 44.7 Å². The van der Waals surface area contributed by atoms with Crippen LogP contribution in [0.4, 0.5) is 9.59 Å². The normalized spacial score (nSPS) is 33.7. The van der Waals surface area contributed by atoms with Crippen molar-refractivity contribution in [3.8, 4) is 0 Å². The molecule has 11 rings (SSSR count). The van der Waals surface area contributed by atoms with Gasteiger partial charge >= 0.3 is 12.2 Å². The van der Waals surface area contributed by atoms with Gasteiger partial charge in [-0.3, -0.25) is 39.6 Å². The number of benzene rings is 3. The Morgan fingerprint density at radius 2 is 0.935 bits per heavy atom. The molecule has 6 amide bonds. The molecule has 0 spiro atoms. The van der Waals surface area contributed by atoms with E-state index in [1.54, 1.807) is 0 Å². The number of nitrogens with one attached hydrogen (secondary N) is 2. The molecule has 14 heteroatoms. The van der Waals surface area contributed by atoms with Gasteiger partial charge in [-0.15, -0.1) is 0 Å². The van der Waals surface area contributed by atoms with Gasteiger partial charge in [0.2, 0.25) is 11.8 Å². The minimum absolute atomic E-state index is 0.0477. The predicted octanol–water partition coefficient (Wildman–Crippen LogP) is 5.28. The van der Waals surface area contributed by atoms with Crippen LogP contribution in [0.15, 0.2) is 72.8 Å². The molecule has 6 aliphatic carbocycles. The summed E-state index contributed by atoms with van der Waals surface area (Å²) in [5.74, 6) is -2.29. The summed E-state index contributed by atoms with van der Waals surface area (Å²) in [5.41, 5.74) is 11.5. The molecule has 0 aromatic heterocycles. The number of primary amides is 2. The highest BCUT2D eigenvalue weighted by Crippen LogP contribution is 2.61. The second-order valence-corrected chi connectivity index (χ2v) is 19.2. The number of likely N-dealkylation sites (tertiary alicyclic amines) is 2. The molecule has 62 heavy (non-hydrogen) atoms. The lowest BCUT2D eigenvalue weighted by Gasteiger charge is -2.58. The fourth-order valence-electron chi connectivity index (χ4n) is 13.9. The van der Waals surface area contributed by atoms with Gasteiger partial charge in [0, 0.05) is 35.8 Å². The molecule has 3 aromatic carbocycles. The van der Waals surface area contributed by atoms with E-state index < -0.39 is 57.7 Å². The summed E-state index contributed by atoms with van der Waals surface area (Å²) in [7, 11) is 0. The van der Waals surface area contributed by atoms with Crippen LogP contribution < -0.4 is 22.1 Å². The first-order valence-corrected chi connectivity index (χ1v) is 22.1. The lowest BCUT2D eigenvalue weighted by Crippen LogP contribution is -2.70. The minimum atomic E-state index is -1.57. The second-order valence-electron chi connectivity index (χ2n) is 19.2. The Morgan fingerprint density at radius 3 is 1.29 bits per heavy atom. The van der Waals surface area contributed by atoms with Crippen molar-refractivity contribution >= 4 is 35.8 Å². The summed E-state index contributed by atoms with van der Waals surface area (Å²) < 4.78 is 0. The molecular formula is C48H56N6O8. The molecule has 326 valence electrons. The van der Waals surface area contributed by atoms with E-state index in [0.717, 1.165) is 68.1 Å². The fraction of sp³-hybridized carbons (Fsp3) is 0.500. The number of rotatable bonds is 12. The Labute approximate surface area is 360 Å². The Morgan fingerprint density at radius 1 is 0.565 bits per heavy atom. The van der Waals surface area contributed by atoms with Crippen LogP contribution in [0.3, 0.4) is 0 Å². The fourth-order valence-corrected chi connectivity index (χ4v) is 13.9. The zero-order valence-corrected chi connectivity index (χ0v) is 35.3. The highest BCUT2D eigenvalue weighted by atomic mass is 16.4. The summed E-state index contributed by atoms with van der Waals surface area (Å²) in [6.45, 7) is 4.66. The Kier molecular flexibility index (Phi) is 10.1. The summed E-state index contributed by atoms with van der Waals surface area (Å²) in [4.78, 5) is 84.7.